The van der Waals surface area contributed by atoms with Crippen molar-refractivity contribution >= 4 is 23.2 Å². The highest BCUT2D eigenvalue weighted by Gasteiger charge is 2.19. The predicted octanol–water partition coefficient (Wildman–Crippen LogP) is 4.11. The normalized spacial score (nSPS) is 16.2. The van der Waals surface area contributed by atoms with Gasteiger partial charge >= 0.3 is 0 Å². The molecule has 1 saturated heterocycles. The van der Waals surface area contributed by atoms with Crippen molar-refractivity contribution in [2.24, 2.45) is 5.92 Å². The number of aromatic nitrogens is 1. The minimum Gasteiger partial charge on any atom is -0.491 e. The maximum Gasteiger partial charge on any atom is 0.261 e. The number of carbonyl (C=O) groups is 1. The van der Waals surface area contributed by atoms with Gasteiger partial charge in [-0.1, -0.05) is 11.6 Å². The number of hydrogen-bond donors (Lipinski definition) is 1. The average molecular weight is 391 g/mol. The van der Waals surface area contributed by atoms with Crippen LogP contribution in [-0.2, 0) is 4.74 Å². The van der Waals surface area contributed by atoms with Crippen LogP contribution in [-0.4, -0.2) is 37.3 Å². The Morgan fingerprint density at radius 3 is 2.93 bits per heavy atom. The largest absolute Gasteiger partial charge is 0.491 e. The van der Waals surface area contributed by atoms with E-state index in [-0.39, 0.29) is 5.91 Å². The number of carbonyl (C=O) groups excluding carboxylic acids is 1. The van der Waals surface area contributed by atoms with Gasteiger partial charge in [-0.05, 0) is 50.6 Å². The molecule has 3 rings (SSSR count). The van der Waals surface area contributed by atoms with Crippen LogP contribution in [0, 0.1) is 12.8 Å². The summed E-state index contributed by atoms with van der Waals surface area (Å²) in [4.78, 5) is 17.1. The molecule has 1 aromatic heterocycles. The minimum atomic E-state index is -0.331. The van der Waals surface area contributed by atoms with Crippen LogP contribution in [0.3, 0.4) is 0 Å². The summed E-state index contributed by atoms with van der Waals surface area (Å²) < 4.78 is 16.8. The van der Waals surface area contributed by atoms with E-state index in [0.717, 1.165) is 18.7 Å². The number of anilines is 1. The Morgan fingerprint density at radius 2 is 2.19 bits per heavy atom. The molecule has 144 valence electrons. The maximum absolute atomic E-state index is 12.8. The van der Waals surface area contributed by atoms with E-state index in [1.165, 1.54) is 0 Å². The van der Waals surface area contributed by atoms with Crippen LogP contribution in [0.2, 0.25) is 5.02 Å². The number of amides is 1. The lowest BCUT2D eigenvalue weighted by Gasteiger charge is -2.16. The third-order valence-electron chi connectivity index (χ3n) is 4.21. The predicted molar refractivity (Wildman–Crippen MR) is 104 cm³/mol. The molecule has 1 fully saturated rings. The quantitative estimate of drug-likeness (QED) is 0.770. The van der Waals surface area contributed by atoms with Crippen molar-refractivity contribution in [3.63, 3.8) is 0 Å². The van der Waals surface area contributed by atoms with Crippen molar-refractivity contribution in [1.82, 2.24) is 4.98 Å². The van der Waals surface area contributed by atoms with Gasteiger partial charge in [-0.15, -0.1) is 0 Å². The molecule has 0 bridgehead atoms. The second-order valence-electron chi connectivity index (χ2n) is 6.37. The van der Waals surface area contributed by atoms with Crippen LogP contribution >= 0.6 is 11.6 Å². The highest BCUT2D eigenvalue weighted by atomic mass is 35.5. The molecule has 1 aliphatic rings. The van der Waals surface area contributed by atoms with Crippen molar-refractivity contribution in [2.45, 2.75) is 20.3 Å². The van der Waals surface area contributed by atoms with E-state index < -0.39 is 0 Å². The summed E-state index contributed by atoms with van der Waals surface area (Å²) in [6, 6.07) is 8.62. The molecule has 27 heavy (non-hydrogen) atoms. The number of rotatable bonds is 7. The molecule has 0 radical (unpaired) electrons. The van der Waals surface area contributed by atoms with Crippen molar-refractivity contribution in [1.29, 1.82) is 0 Å². The van der Waals surface area contributed by atoms with E-state index in [0.29, 0.717) is 53.6 Å². The summed E-state index contributed by atoms with van der Waals surface area (Å²) in [6.45, 7) is 6.11. The molecule has 2 heterocycles. The smallest absolute Gasteiger partial charge is 0.261 e. The molecule has 1 atom stereocenters. The molecule has 7 heteroatoms. The Kier molecular flexibility index (Phi) is 6.53. The van der Waals surface area contributed by atoms with Crippen molar-refractivity contribution in [2.75, 3.05) is 31.7 Å². The number of pyridine rings is 1. The summed E-state index contributed by atoms with van der Waals surface area (Å²) in [7, 11) is 0. The first-order chi connectivity index (χ1) is 13.1. The van der Waals surface area contributed by atoms with Gasteiger partial charge in [0.25, 0.3) is 5.91 Å². The lowest BCUT2D eigenvalue weighted by atomic mass is 10.1. The first kappa shape index (κ1) is 19.5. The van der Waals surface area contributed by atoms with Gasteiger partial charge in [0.05, 0.1) is 25.5 Å². The summed E-state index contributed by atoms with van der Waals surface area (Å²) in [5, 5.41) is 3.37. The molecule has 1 aromatic carbocycles. The van der Waals surface area contributed by atoms with Crippen LogP contribution in [0.25, 0.3) is 0 Å². The zero-order chi connectivity index (χ0) is 19.2. The second kappa shape index (κ2) is 9.06. The number of nitrogens with one attached hydrogen (secondary N) is 1. The van der Waals surface area contributed by atoms with Gasteiger partial charge in [-0.2, -0.15) is 0 Å². The van der Waals surface area contributed by atoms with Crippen molar-refractivity contribution in [3.8, 4) is 11.6 Å². The van der Waals surface area contributed by atoms with E-state index in [9.17, 15) is 4.79 Å². The standard InChI is InChI=1S/C20H23ClN2O4/c1-3-26-20-16(6-4-13(2)22-20)19(24)23-17-10-15(21)5-7-18(17)27-12-14-8-9-25-11-14/h4-7,10,14H,3,8-9,11-12H2,1-2H3,(H,23,24)/t14-/m1/s1. The Labute approximate surface area is 163 Å². The highest BCUT2D eigenvalue weighted by Crippen LogP contribution is 2.30. The molecule has 0 aliphatic carbocycles. The average Bonchev–Trinajstić information content (AvgIpc) is 3.15. The number of nitrogens with zero attached hydrogens (tertiary/aromatic N) is 1. The van der Waals surface area contributed by atoms with E-state index in [1.54, 1.807) is 30.3 Å². The SMILES string of the molecule is CCOc1nc(C)ccc1C(=O)Nc1cc(Cl)ccc1OC[C@@H]1CCOC1. The first-order valence-corrected chi connectivity index (χ1v) is 9.36. The number of ether oxygens (including phenoxy) is 3. The van der Waals surface area contributed by atoms with E-state index >= 15 is 0 Å². The molecule has 1 amide bonds. The molecule has 1 aliphatic heterocycles. The van der Waals surface area contributed by atoms with E-state index in [1.807, 2.05) is 13.8 Å². The summed E-state index contributed by atoms with van der Waals surface area (Å²) in [5.74, 6) is 0.901. The summed E-state index contributed by atoms with van der Waals surface area (Å²) in [6.07, 6.45) is 0.974. The molecular formula is C20H23ClN2O4. The molecular weight excluding hydrogens is 368 g/mol. The maximum atomic E-state index is 12.8. The van der Waals surface area contributed by atoms with Crippen LogP contribution in [0.4, 0.5) is 5.69 Å². The van der Waals surface area contributed by atoms with Gasteiger partial charge in [0.15, 0.2) is 0 Å². The molecule has 0 saturated carbocycles. The second-order valence-corrected chi connectivity index (χ2v) is 6.81. The zero-order valence-corrected chi connectivity index (χ0v) is 16.2. The zero-order valence-electron chi connectivity index (χ0n) is 15.5. The third-order valence-corrected chi connectivity index (χ3v) is 4.45. The molecule has 1 N–H and O–H groups in total. The Morgan fingerprint density at radius 1 is 1.33 bits per heavy atom. The van der Waals surface area contributed by atoms with Gasteiger partial charge in [-0.25, -0.2) is 4.98 Å². The lowest BCUT2D eigenvalue weighted by Crippen LogP contribution is -2.17. The van der Waals surface area contributed by atoms with E-state index in [2.05, 4.69) is 10.3 Å². The fourth-order valence-corrected chi connectivity index (χ4v) is 2.96. The molecule has 2 aromatic rings. The van der Waals surface area contributed by atoms with Gasteiger partial charge in [-0.3, -0.25) is 4.79 Å². The Balaban J connectivity index is 1.77. The first-order valence-electron chi connectivity index (χ1n) is 8.98. The molecule has 6 nitrogen and oxygen atoms in total. The summed E-state index contributed by atoms with van der Waals surface area (Å²) >= 11 is 6.11. The number of hydrogen-bond acceptors (Lipinski definition) is 5. The van der Waals surface area contributed by atoms with Gasteiger partial charge in [0.2, 0.25) is 5.88 Å². The van der Waals surface area contributed by atoms with Crippen molar-refractivity contribution < 1.29 is 19.0 Å². The third kappa shape index (κ3) is 5.11. The van der Waals surface area contributed by atoms with Crippen molar-refractivity contribution in [3.05, 3.63) is 46.6 Å². The highest BCUT2D eigenvalue weighted by molar-refractivity contribution is 6.31. The minimum absolute atomic E-state index is 0.308. The molecule has 0 spiro atoms. The monoisotopic (exact) mass is 390 g/mol. The number of aryl methyl sites for hydroxylation is 1. The molecule has 0 unspecified atom stereocenters. The van der Waals surface area contributed by atoms with E-state index in [4.69, 9.17) is 25.8 Å². The lowest BCUT2D eigenvalue weighted by molar-refractivity contribution is 0.102. The van der Waals surface area contributed by atoms with Crippen LogP contribution in [0.1, 0.15) is 29.4 Å². The van der Waals surface area contributed by atoms with Gasteiger partial charge in [0.1, 0.15) is 11.3 Å². The van der Waals surface area contributed by atoms with Gasteiger partial charge < -0.3 is 19.5 Å². The number of benzene rings is 1. The topological polar surface area (TPSA) is 69.7 Å². The van der Waals surface area contributed by atoms with Crippen LogP contribution in [0.5, 0.6) is 11.6 Å². The Hall–Kier alpha value is -2.31. The van der Waals surface area contributed by atoms with Crippen LogP contribution < -0.4 is 14.8 Å². The fraction of sp³-hybridized carbons (Fsp3) is 0.400. The van der Waals surface area contributed by atoms with Crippen LogP contribution in [0.15, 0.2) is 30.3 Å². The Bertz CT molecular complexity index is 807. The summed E-state index contributed by atoms with van der Waals surface area (Å²) in [5.41, 5.74) is 1.65. The number of halogens is 1. The van der Waals surface area contributed by atoms with Gasteiger partial charge in [0, 0.05) is 23.2 Å². The fourth-order valence-electron chi connectivity index (χ4n) is 2.79.